The van der Waals surface area contributed by atoms with Crippen molar-refractivity contribution in [2.24, 2.45) is 0 Å². The lowest BCUT2D eigenvalue weighted by Gasteiger charge is -2.26. The lowest BCUT2D eigenvalue weighted by Crippen LogP contribution is -2.40. The average molecular weight is 504 g/mol. The van der Waals surface area contributed by atoms with E-state index < -0.39 is 10.0 Å². The van der Waals surface area contributed by atoms with Crippen LogP contribution < -0.4 is 4.90 Å². The second-order valence-corrected chi connectivity index (χ2v) is 10.5. The van der Waals surface area contributed by atoms with Crippen LogP contribution in [0.1, 0.15) is 10.4 Å². The molecule has 7 nitrogen and oxygen atoms in total. The predicted octanol–water partition coefficient (Wildman–Crippen LogP) is 4.32. The Morgan fingerprint density at radius 1 is 1.21 bits per heavy atom. The van der Waals surface area contributed by atoms with Crippen molar-refractivity contribution in [2.75, 3.05) is 37.7 Å². The van der Waals surface area contributed by atoms with E-state index >= 15 is 0 Å². The zero-order valence-electron chi connectivity index (χ0n) is 17.7. The predicted molar refractivity (Wildman–Crippen MR) is 130 cm³/mol. The molecule has 0 unspecified atom stereocenters. The van der Waals surface area contributed by atoms with Crippen LogP contribution >= 0.6 is 22.9 Å². The molecule has 172 valence electrons. The fraction of sp³-hybridized carbons (Fsp3) is 0.217. The molecule has 1 saturated heterocycles. The van der Waals surface area contributed by atoms with E-state index in [4.69, 9.17) is 16.3 Å². The van der Waals surface area contributed by atoms with Crippen LogP contribution in [-0.4, -0.2) is 56.5 Å². The van der Waals surface area contributed by atoms with Crippen LogP contribution in [-0.2, 0) is 14.8 Å². The Kier molecular flexibility index (Phi) is 7.26. The van der Waals surface area contributed by atoms with Gasteiger partial charge in [0, 0.05) is 41.2 Å². The molecule has 0 aliphatic carbocycles. The number of hydrogen-bond acceptors (Lipinski definition) is 6. The molecule has 1 aliphatic rings. The van der Waals surface area contributed by atoms with Crippen LogP contribution in [0, 0.1) is 0 Å². The number of amides is 1. The summed E-state index contributed by atoms with van der Waals surface area (Å²) in [6.07, 6.45) is 1.61. The number of benzene rings is 2. The summed E-state index contributed by atoms with van der Waals surface area (Å²) in [5, 5.41) is 2.98. The molecule has 2 aromatic carbocycles. The quantitative estimate of drug-likeness (QED) is 0.449. The highest BCUT2D eigenvalue weighted by Gasteiger charge is 2.28. The Balaban J connectivity index is 1.62. The number of morpholine rings is 1. The van der Waals surface area contributed by atoms with Crippen LogP contribution in [0.2, 0.25) is 5.02 Å². The van der Waals surface area contributed by atoms with Crippen molar-refractivity contribution in [2.45, 2.75) is 4.90 Å². The number of sulfonamides is 1. The second kappa shape index (κ2) is 10.1. The minimum absolute atomic E-state index is 0.0785. The minimum atomic E-state index is -3.72. The lowest BCUT2D eigenvalue weighted by molar-refractivity contribution is 0.0730. The number of nitrogens with zero attached hydrogens (tertiary/aromatic N) is 3. The Morgan fingerprint density at radius 3 is 2.64 bits per heavy atom. The lowest BCUT2D eigenvalue weighted by atomic mass is 10.2. The topological polar surface area (TPSA) is 79.8 Å². The first-order chi connectivity index (χ1) is 15.9. The van der Waals surface area contributed by atoms with Gasteiger partial charge in [-0.05, 0) is 30.3 Å². The molecule has 0 saturated carbocycles. The molecule has 10 heteroatoms. The Bertz CT molecular complexity index is 1250. The van der Waals surface area contributed by atoms with E-state index in [1.165, 1.54) is 32.7 Å². The highest BCUT2D eigenvalue weighted by molar-refractivity contribution is 7.89. The van der Waals surface area contributed by atoms with E-state index in [-0.39, 0.29) is 36.0 Å². The van der Waals surface area contributed by atoms with E-state index in [1.807, 2.05) is 17.5 Å². The summed E-state index contributed by atoms with van der Waals surface area (Å²) in [6, 6.07) is 13.4. The first kappa shape index (κ1) is 23.6. The van der Waals surface area contributed by atoms with Crippen LogP contribution in [0.5, 0.6) is 0 Å². The highest BCUT2D eigenvalue weighted by atomic mass is 35.5. The first-order valence-corrected chi connectivity index (χ1v) is 12.9. The second-order valence-electron chi connectivity index (χ2n) is 7.27. The smallest absolute Gasteiger partial charge is 0.260 e. The van der Waals surface area contributed by atoms with Gasteiger partial charge in [0.25, 0.3) is 5.91 Å². The molecule has 0 N–H and O–H groups in total. The van der Waals surface area contributed by atoms with Gasteiger partial charge in [0.2, 0.25) is 10.0 Å². The SMILES string of the molecule is C=CCN(C(=O)c1cccc(S(=O)(=O)N2CCOCC2)c1)c1nc(-c2ccc(Cl)cc2)cs1. The van der Waals surface area contributed by atoms with Gasteiger partial charge < -0.3 is 4.74 Å². The maximum Gasteiger partial charge on any atom is 0.260 e. The molecule has 0 radical (unpaired) electrons. The largest absolute Gasteiger partial charge is 0.379 e. The Morgan fingerprint density at radius 2 is 1.94 bits per heavy atom. The average Bonchev–Trinajstić information content (AvgIpc) is 3.33. The minimum Gasteiger partial charge on any atom is -0.379 e. The summed E-state index contributed by atoms with van der Waals surface area (Å²) in [5.41, 5.74) is 1.86. The molecule has 4 rings (SSSR count). The van der Waals surface area contributed by atoms with Crippen LogP contribution in [0.15, 0.2) is 71.5 Å². The maximum atomic E-state index is 13.4. The maximum absolute atomic E-state index is 13.4. The number of carbonyl (C=O) groups is 1. The number of ether oxygens (including phenoxy) is 1. The molecule has 1 aliphatic heterocycles. The standard InChI is InChI=1S/C23H22ClN3O4S2/c1-2-10-27(23-25-21(16-32-23)17-6-8-19(24)9-7-17)22(28)18-4-3-5-20(15-18)33(29,30)26-11-13-31-14-12-26/h2-9,15-16H,1,10-14H2. The summed E-state index contributed by atoms with van der Waals surface area (Å²) >= 11 is 7.29. The number of hydrogen-bond donors (Lipinski definition) is 0. The van der Waals surface area contributed by atoms with Gasteiger partial charge in [0.15, 0.2) is 5.13 Å². The van der Waals surface area contributed by atoms with Gasteiger partial charge in [-0.1, -0.05) is 35.9 Å². The number of rotatable bonds is 7. The van der Waals surface area contributed by atoms with Gasteiger partial charge in [-0.2, -0.15) is 4.31 Å². The number of aromatic nitrogens is 1. The van der Waals surface area contributed by atoms with Crippen LogP contribution in [0.3, 0.4) is 0 Å². The summed E-state index contributed by atoms with van der Waals surface area (Å²) < 4.78 is 32.7. The molecule has 2 heterocycles. The number of anilines is 1. The van der Waals surface area contributed by atoms with Crippen molar-refractivity contribution >= 4 is 44.0 Å². The monoisotopic (exact) mass is 503 g/mol. The van der Waals surface area contributed by atoms with Gasteiger partial charge in [-0.25, -0.2) is 13.4 Å². The third-order valence-electron chi connectivity index (χ3n) is 5.11. The fourth-order valence-electron chi connectivity index (χ4n) is 3.40. The number of halogens is 1. The molecule has 33 heavy (non-hydrogen) atoms. The van der Waals surface area contributed by atoms with E-state index in [2.05, 4.69) is 11.6 Å². The number of thiazole rings is 1. The summed E-state index contributed by atoms with van der Waals surface area (Å²) in [5.74, 6) is -0.356. The molecule has 0 bridgehead atoms. The van der Waals surface area contributed by atoms with Gasteiger partial charge in [-0.15, -0.1) is 17.9 Å². The molecule has 3 aromatic rings. The van der Waals surface area contributed by atoms with Crippen molar-refractivity contribution in [1.82, 2.24) is 9.29 Å². The van der Waals surface area contributed by atoms with E-state index in [1.54, 1.807) is 30.3 Å². The molecule has 1 fully saturated rings. The summed E-state index contributed by atoms with van der Waals surface area (Å²) in [6.45, 7) is 5.26. The Labute approximate surface area is 201 Å². The third-order valence-corrected chi connectivity index (χ3v) is 8.12. The van der Waals surface area contributed by atoms with Crippen LogP contribution in [0.4, 0.5) is 5.13 Å². The van der Waals surface area contributed by atoms with E-state index in [9.17, 15) is 13.2 Å². The van der Waals surface area contributed by atoms with Crippen molar-refractivity contribution in [3.63, 3.8) is 0 Å². The molecular weight excluding hydrogens is 482 g/mol. The number of carbonyl (C=O) groups excluding carboxylic acids is 1. The summed E-state index contributed by atoms with van der Waals surface area (Å²) in [7, 11) is -3.72. The van der Waals surface area contributed by atoms with Crippen molar-refractivity contribution in [3.8, 4) is 11.3 Å². The van der Waals surface area contributed by atoms with Gasteiger partial charge >= 0.3 is 0 Å². The van der Waals surface area contributed by atoms with Gasteiger partial charge in [0.1, 0.15) is 0 Å². The van der Waals surface area contributed by atoms with Crippen molar-refractivity contribution in [1.29, 1.82) is 0 Å². The molecule has 1 amide bonds. The third kappa shape index (κ3) is 5.18. The molecule has 0 spiro atoms. The van der Waals surface area contributed by atoms with E-state index in [0.717, 1.165) is 11.3 Å². The summed E-state index contributed by atoms with van der Waals surface area (Å²) in [4.78, 5) is 19.6. The van der Waals surface area contributed by atoms with Gasteiger partial charge in [0.05, 0.1) is 23.8 Å². The molecule has 0 atom stereocenters. The zero-order valence-corrected chi connectivity index (χ0v) is 20.1. The zero-order chi connectivity index (χ0) is 23.4. The Hall–Kier alpha value is -2.56. The first-order valence-electron chi connectivity index (χ1n) is 10.2. The van der Waals surface area contributed by atoms with Crippen molar-refractivity contribution < 1.29 is 17.9 Å². The van der Waals surface area contributed by atoms with Crippen LogP contribution in [0.25, 0.3) is 11.3 Å². The van der Waals surface area contributed by atoms with E-state index in [0.29, 0.717) is 23.4 Å². The molecule has 1 aromatic heterocycles. The van der Waals surface area contributed by atoms with Crippen molar-refractivity contribution in [3.05, 3.63) is 77.2 Å². The normalized spacial score (nSPS) is 14.7. The molecular formula is C23H22ClN3O4S2. The van der Waals surface area contributed by atoms with Gasteiger partial charge in [-0.3, -0.25) is 9.69 Å². The fourth-order valence-corrected chi connectivity index (χ4v) is 5.82. The highest BCUT2D eigenvalue weighted by Crippen LogP contribution is 2.29.